The van der Waals surface area contributed by atoms with Crippen LogP contribution in [0.5, 0.6) is 0 Å². The predicted molar refractivity (Wildman–Crippen MR) is 134 cm³/mol. The van der Waals surface area contributed by atoms with Gasteiger partial charge in [-0.3, -0.25) is 0 Å². The lowest BCUT2D eigenvalue weighted by Gasteiger charge is -2.36. The molecule has 2 aliphatic heterocycles. The third-order valence-electron chi connectivity index (χ3n) is 7.26. The third-order valence-corrected chi connectivity index (χ3v) is 8.63. The van der Waals surface area contributed by atoms with Crippen molar-refractivity contribution in [2.75, 3.05) is 26.2 Å². The molecule has 204 valence electrons. The van der Waals surface area contributed by atoms with Crippen molar-refractivity contribution in [3.05, 3.63) is 24.1 Å². The normalized spacial score (nSPS) is 26.9. The molecule has 3 heterocycles. The van der Waals surface area contributed by atoms with E-state index in [0.29, 0.717) is 61.5 Å². The second kappa shape index (κ2) is 10.9. The van der Waals surface area contributed by atoms with Gasteiger partial charge in [0.15, 0.2) is 17.8 Å². The Morgan fingerprint density at radius 1 is 1.24 bits per heavy atom. The molecular formula is C25H36N4O7S. The Kier molecular flexibility index (Phi) is 7.73. The van der Waals surface area contributed by atoms with Crippen molar-refractivity contribution in [1.29, 1.82) is 0 Å². The molecular weight excluding hydrogens is 500 g/mol. The molecule has 1 saturated carbocycles. The number of fused-ring (bicyclic) bond motifs is 3. The number of rotatable bonds is 11. The number of nitrogens with one attached hydrogen (secondary N) is 2. The van der Waals surface area contributed by atoms with Crippen LogP contribution < -0.4 is 10.1 Å². The Morgan fingerprint density at radius 2 is 2.08 bits per heavy atom. The van der Waals surface area contributed by atoms with Gasteiger partial charge in [0.1, 0.15) is 11.6 Å². The second-order valence-electron chi connectivity index (χ2n) is 10.6. The summed E-state index contributed by atoms with van der Waals surface area (Å²) in [4.78, 5) is 19.5. The van der Waals surface area contributed by atoms with Crippen LogP contribution in [0, 0.1) is 24.7 Å². The van der Waals surface area contributed by atoms with Crippen molar-refractivity contribution in [3.63, 3.8) is 0 Å². The van der Waals surface area contributed by atoms with Gasteiger partial charge in [-0.25, -0.2) is 23.2 Å². The van der Waals surface area contributed by atoms with E-state index in [2.05, 4.69) is 29.0 Å². The van der Waals surface area contributed by atoms with Crippen molar-refractivity contribution in [1.82, 2.24) is 20.1 Å². The van der Waals surface area contributed by atoms with Crippen LogP contribution in [0.15, 0.2) is 27.5 Å². The maximum atomic E-state index is 13.1. The molecule has 5 atom stereocenters. The first kappa shape index (κ1) is 26.4. The summed E-state index contributed by atoms with van der Waals surface area (Å²) in [5.41, 5.74) is 1.03. The average molecular weight is 537 g/mol. The fourth-order valence-corrected chi connectivity index (χ4v) is 6.52. The summed E-state index contributed by atoms with van der Waals surface area (Å²) < 4.78 is 49.0. The number of aryl methyl sites for hydroxylation is 1. The van der Waals surface area contributed by atoms with Crippen LogP contribution in [-0.2, 0) is 24.2 Å². The highest BCUT2D eigenvalue weighted by Crippen LogP contribution is 2.46. The largest absolute Gasteiger partial charge is 0.443 e. The number of oxazole rings is 1. The first-order valence-corrected chi connectivity index (χ1v) is 14.5. The van der Waals surface area contributed by atoms with E-state index in [1.807, 2.05) is 0 Å². The van der Waals surface area contributed by atoms with Crippen molar-refractivity contribution >= 4 is 27.2 Å². The maximum Gasteiger partial charge on any atom is 0.407 e. The molecule has 1 aliphatic carbocycles. The van der Waals surface area contributed by atoms with Gasteiger partial charge in [-0.2, -0.15) is 0 Å². The molecule has 1 amide bonds. The standard InChI is InChI=1S/C25H36N4O7S/c1-15(2)7-10-29(28-37(31,32)19-5-6-21-20(13-19)27-16(3)34-21)9-4-8-26-25(30)36-23-18-11-17-12-22(23)35-24(17)33-14-18/h5-6,13,15,17-18,22-24,28H,4,7-12,14H2,1-3H3,(H,26,30). The first-order valence-electron chi connectivity index (χ1n) is 13.0. The molecule has 5 unspecified atom stereocenters. The highest BCUT2D eigenvalue weighted by atomic mass is 32.2. The number of alkyl carbamates (subject to hydrolysis) is 1. The molecule has 2 saturated heterocycles. The fourth-order valence-electron chi connectivity index (χ4n) is 5.38. The molecule has 37 heavy (non-hydrogen) atoms. The van der Waals surface area contributed by atoms with Gasteiger partial charge >= 0.3 is 6.09 Å². The minimum atomic E-state index is -3.82. The van der Waals surface area contributed by atoms with Gasteiger partial charge in [-0.1, -0.05) is 13.8 Å². The van der Waals surface area contributed by atoms with E-state index < -0.39 is 16.1 Å². The summed E-state index contributed by atoms with van der Waals surface area (Å²) in [5.74, 6) is 1.47. The Bertz CT molecular complexity index is 1210. The lowest BCUT2D eigenvalue weighted by Crippen LogP contribution is -2.46. The number of carbonyl (C=O) groups excluding carboxylic acids is 1. The monoisotopic (exact) mass is 536 g/mol. The number of sulfonamides is 1. The molecule has 12 heteroatoms. The Morgan fingerprint density at radius 3 is 2.89 bits per heavy atom. The van der Waals surface area contributed by atoms with Crippen LogP contribution >= 0.6 is 0 Å². The van der Waals surface area contributed by atoms with Gasteiger partial charge < -0.3 is 23.9 Å². The Balaban J connectivity index is 1.13. The zero-order chi connectivity index (χ0) is 26.2. The molecule has 3 fully saturated rings. The van der Waals surface area contributed by atoms with E-state index in [1.165, 1.54) is 12.1 Å². The fraction of sp³-hybridized carbons (Fsp3) is 0.680. The highest BCUT2D eigenvalue weighted by Gasteiger charge is 2.53. The van der Waals surface area contributed by atoms with Crippen LogP contribution in [0.3, 0.4) is 0 Å². The van der Waals surface area contributed by atoms with Crippen molar-refractivity contribution < 1.29 is 31.8 Å². The summed E-state index contributed by atoms with van der Waals surface area (Å²) >= 11 is 0. The first-order chi connectivity index (χ1) is 17.7. The number of aromatic nitrogens is 1. The van der Waals surface area contributed by atoms with E-state index in [1.54, 1.807) is 18.0 Å². The van der Waals surface area contributed by atoms with Crippen LogP contribution in [0.4, 0.5) is 4.79 Å². The molecule has 11 nitrogen and oxygen atoms in total. The number of amides is 1. The lowest BCUT2D eigenvalue weighted by atomic mass is 9.78. The van der Waals surface area contributed by atoms with Gasteiger partial charge in [-0.15, -0.1) is 4.83 Å². The Hall–Kier alpha value is -2.25. The summed E-state index contributed by atoms with van der Waals surface area (Å²) in [7, 11) is -3.82. The van der Waals surface area contributed by atoms with Gasteiger partial charge in [0.25, 0.3) is 10.0 Å². The van der Waals surface area contributed by atoms with Gasteiger partial charge in [0.2, 0.25) is 0 Å². The Labute approximate surface area is 217 Å². The third kappa shape index (κ3) is 6.09. The maximum absolute atomic E-state index is 13.1. The summed E-state index contributed by atoms with van der Waals surface area (Å²) in [5, 5.41) is 4.49. The van der Waals surface area contributed by atoms with Crippen molar-refractivity contribution in [2.45, 2.75) is 69.8 Å². The van der Waals surface area contributed by atoms with Gasteiger partial charge in [-0.05, 0) is 49.8 Å². The zero-order valence-corrected chi connectivity index (χ0v) is 22.3. The number of hydrogen-bond acceptors (Lipinski definition) is 9. The van der Waals surface area contributed by atoms with Crippen LogP contribution in [-0.4, -0.2) is 69.2 Å². The van der Waals surface area contributed by atoms with E-state index in [9.17, 15) is 13.2 Å². The predicted octanol–water partition coefficient (Wildman–Crippen LogP) is 2.94. The molecule has 1 aromatic carbocycles. The number of ether oxygens (including phenoxy) is 3. The molecule has 0 radical (unpaired) electrons. The van der Waals surface area contributed by atoms with E-state index in [4.69, 9.17) is 18.6 Å². The molecule has 5 rings (SSSR count). The zero-order valence-electron chi connectivity index (χ0n) is 21.5. The minimum absolute atomic E-state index is 0.0942. The number of nitrogens with zero attached hydrogens (tertiary/aromatic N) is 2. The smallest absolute Gasteiger partial charge is 0.407 e. The number of hydrogen-bond donors (Lipinski definition) is 2. The molecule has 3 aliphatic rings. The number of carbonyl (C=O) groups is 1. The SMILES string of the molecule is Cc1nc2cc(S(=O)(=O)NN(CCCNC(=O)OC3C4COC5OC3CC5C4)CCC(C)C)ccc2o1. The van der Waals surface area contributed by atoms with E-state index in [-0.39, 0.29) is 29.3 Å². The van der Waals surface area contributed by atoms with Crippen molar-refractivity contribution in [3.8, 4) is 0 Å². The molecule has 2 aromatic rings. The van der Waals surface area contributed by atoms with Crippen LogP contribution in [0.2, 0.25) is 0 Å². The van der Waals surface area contributed by atoms with E-state index >= 15 is 0 Å². The molecule has 1 aromatic heterocycles. The quantitative estimate of drug-likeness (QED) is 0.329. The number of hydrazine groups is 1. The molecule has 0 spiro atoms. The van der Waals surface area contributed by atoms with Crippen LogP contribution in [0.25, 0.3) is 11.1 Å². The lowest BCUT2D eigenvalue weighted by molar-refractivity contribution is -0.153. The summed E-state index contributed by atoms with van der Waals surface area (Å²) in [6.45, 7) is 7.77. The van der Waals surface area contributed by atoms with Gasteiger partial charge in [0.05, 0.1) is 17.6 Å². The molecule has 3 bridgehead atoms. The summed E-state index contributed by atoms with van der Waals surface area (Å²) in [6.07, 6.45) is 2.17. The topological polar surface area (TPSA) is 132 Å². The van der Waals surface area contributed by atoms with Gasteiger partial charge in [0, 0.05) is 38.4 Å². The van der Waals surface area contributed by atoms with Crippen LogP contribution in [0.1, 0.15) is 45.4 Å². The second-order valence-corrected chi connectivity index (χ2v) is 12.3. The molecule has 2 N–H and O–H groups in total. The summed E-state index contributed by atoms with van der Waals surface area (Å²) in [6, 6.07) is 4.62. The van der Waals surface area contributed by atoms with E-state index in [0.717, 1.165) is 19.3 Å². The average Bonchev–Trinajstić information content (AvgIpc) is 3.36. The minimum Gasteiger partial charge on any atom is -0.443 e. The number of benzene rings is 1. The van der Waals surface area contributed by atoms with Crippen molar-refractivity contribution in [2.24, 2.45) is 17.8 Å². The highest BCUT2D eigenvalue weighted by molar-refractivity contribution is 7.89.